The zero-order valence-corrected chi connectivity index (χ0v) is 12.2. The lowest BCUT2D eigenvalue weighted by atomic mass is 9.92. The highest BCUT2D eigenvalue weighted by Crippen LogP contribution is 2.25. The van der Waals surface area contributed by atoms with Crippen LogP contribution in [0.25, 0.3) is 0 Å². The molecule has 0 heterocycles. The van der Waals surface area contributed by atoms with Crippen LogP contribution >= 0.6 is 0 Å². The molecule has 1 aliphatic carbocycles. The molecule has 0 aromatic heterocycles. The van der Waals surface area contributed by atoms with Crippen molar-refractivity contribution in [3.8, 4) is 0 Å². The van der Waals surface area contributed by atoms with Crippen molar-refractivity contribution in [3.63, 3.8) is 0 Å². The Labute approximate surface area is 103 Å². The van der Waals surface area contributed by atoms with Gasteiger partial charge in [0.1, 0.15) is 0 Å². The predicted molar refractivity (Wildman–Crippen MR) is 76.7 cm³/mol. The average molecular weight is 225 g/mol. The topological polar surface area (TPSA) is 26.0 Å². The van der Waals surface area contributed by atoms with Crippen molar-refractivity contribution in [2.75, 3.05) is 6.54 Å². The summed E-state index contributed by atoms with van der Waals surface area (Å²) in [6.45, 7) is 13.3. The van der Waals surface area contributed by atoms with Gasteiger partial charge in [0.25, 0.3) is 0 Å². The summed E-state index contributed by atoms with van der Waals surface area (Å²) >= 11 is 0. The monoisotopic (exact) mass is 225 g/mol. The Morgan fingerprint density at radius 2 is 1.62 bits per heavy atom. The first-order valence-electron chi connectivity index (χ1n) is 6.80. The van der Waals surface area contributed by atoms with Crippen LogP contribution in [-0.2, 0) is 0 Å². The molecule has 0 bridgehead atoms. The quantitative estimate of drug-likeness (QED) is 0.731. The minimum atomic E-state index is 0.819. The van der Waals surface area contributed by atoms with Gasteiger partial charge in [-0.05, 0) is 46.1 Å². The fraction of sp³-hybridized carbons (Fsp3) is 0.733. The van der Waals surface area contributed by atoms with Gasteiger partial charge in [0.05, 0.1) is 0 Å². The van der Waals surface area contributed by atoms with Gasteiger partial charge >= 0.3 is 0 Å². The first kappa shape index (κ1) is 17.8. The third kappa shape index (κ3) is 7.70. The van der Waals surface area contributed by atoms with Crippen LogP contribution in [0.2, 0.25) is 0 Å². The minimum Gasteiger partial charge on any atom is -0.330 e. The average Bonchev–Trinajstić information content (AvgIpc) is 2.36. The second-order valence-corrected chi connectivity index (χ2v) is 3.66. The number of hydrogen-bond acceptors (Lipinski definition) is 1. The van der Waals surface area contributed by atoms with Crippen LogP contribution in [0.4, 0.5) is 0 Å². The Kier molecular flexibility index (Phi) is 13.9. The van der Waals surface area contributed by atoms with Crippen LogP contribution in [0.3, 0.4) is 0 Å². The lowest BCUT2D eigenvalue weighted by Gasteiger charge is -2.15. The highest BCUT2D eigenvalue weighted by atomic mass is 14.5. The van der Waals surface area contributed by atoms with Gasteiger partial charge in [0.2, 0.25) is 0 Å². The van der Waals surface area contributed by atoms with Gasteiger partial charge < -0.3 is 5.73 Å². The maximum atomic E-state index is 5.47. The van der Waals surface area contributed by atoms with E-state index in [4.69, 9.17) is 5.73 Å². The second-order valence-electron chi connectivity index (χ2n) is 3.66. The molecule has 0 saturated carbocycles. The van der Waals surface area contributed by atoms with Gasteiger partial charge in [-0.3, -0.25) is 0 Å². The number of rotatable bonds is 3. The van der Waals surface area contributed by atoms with Crippen molar-refractivity contribution in [1.29, 1.82) is 0 Å². The zero-order valence-electron chi connectivity index (χ0n) is 12.2. The third-order valence-electron chi connectivity index (χ3n) is 2.62. The molecule has 1 nitrogen and oxygen atoms in total. The van der Waals surface area contributed by atoms with E-state index in [1.165, 1.54) is 24.8 Å². The summed E-state index contributed by atoms with van der Waals surface area (Å²) < 4.78 is 0. The lowest BCUT2D eigenvalue weighted by molar-refractivity contribution is 0.759. The Hall–Kier alpha value is -0.560. The van der Waals surface area contributed by atoms with E-state index in [2.05, 4.69) is 19.9 Å². The van der Waals surface area contributed by atoms with Crippen LogP contribution in [0.1, 0.15) is 67.2 Å². The van der Waals surface area contributed by atoms with Gasteiger partial charge in [0.15, 0.2) is 0 Å². The molecule has 0 aromatic carbocycles. The zero-order chi connectivity index (χ0) is 13.0. The summed E-state index contributed by atoms with van der Waals surface area (Å²) in [5, 5.41) is 0. The molecular formula is C15H31N. The highest BCUT2D eigenvalue weighted by Gasteiger charge is 2.06. The minimum absolute atomic E-state index is 0.819. The van der Waals surface area contributed by atoms with Crippen LogP contribution in [0.5, 0.6) is 0 Å². The lowest BCUT2D eigenvalue weighted by Crippen LogP contribution is -2.01. The molecule has 2 N–H and O–H groups in total. The smallest absolute Gasteiger partial charge is 0.00742 e. The predicted octanol–water partition coefficient (Wildman–Crippen LogP) is 4.83. The summed E-state index contributed by atoms with van der Waals surface area (Å²) in [4.78, 5) is 0. The molecule has 0 aromatic rings. The highest BCUT2D eigenvalue weighted by molar-refractivity contribution is 5.30. The first-order chi connectivity index (χ1) is 7.74. The van der Waals surface area contributed by atoms with E-state index >= 15 is 0 Å². The van der Waals surface area contributed by atoms with E-state index in [0.29, 0.717) is 0 Å². The van der Waals surface area contributed by atoms with Crippen LogP contribution < -0.4 is 5.73 Å². The Bertz CT molecular complexity index is 211. The fourth-order valence-corrected chi connectivity index (χ4v) is 1.57. The molecule has 0 spiro atoms. The largest absolute Gasteiger partial charge is 0.330 e. The molecule has 0 atom stereocenters. The van der Waals surface area contributed by atoms with Crippen LogP contribution in [0.15, 0.2) is 22.8 Å². The Morgan fingerprint density at radius 3 is 2.06 bits per heavy atom. The normalized spacial score (nSPS) is 14.3. The van der Waals surface area contributed by atoms with E-state index < -0.39 is 0 Å². The standard InChI is InChI=1S/C11H19N.2C2H6/c1-9-5-6-11(4-3-7-12)8-10(9)2;2*1-2/h8H,3-7,12H2,1-2H3;2*1-2H3. The van der Waals surface area contributed by atoms with E-state index in [1.807, 2.05) is 27.7 Å². The van der Waals surface area contributed by atoms with Gasteiger partial charge in [0, 0.05) is 0 Å². The van der Waals surface area contributed by atoms with E-state index in [0.717, 1.165) is 13.0 Å². The number of hydrogen-bond donors (Lipinski definition) is 1. The van der Waals surface area contributed by atoms with Gasteiger partial charge in [-0.1, -0.05) is 50.5 Å². The molecule has 1 aliphatic rings. The molecule has 0 aliphatic heterocycles. The first-order valence-corrected chi connectivity index (χ1v) is 6.80. The summed E-state index contributed by atoms with van der Waals surface area (Å²) in [6, 6.07) is 0. The fourth-order valence-electron chi connectivity index (χ4n) is 1.57. The molecule has 0 amide bonds. The van der Waals surface area contributed by atoms with E-state index in [1.54, 1.807) is 11.1 Å². The Morgan fingerprint density at radius 1 is 1.06 bits per heavy atom. The summed E-state index contributed by atoms with van der Waals surface area (Å²) in [7, 11) is 0. The summed E-state index contributed by atoms with van der Waals surface area (Å²) in [5.41, 5.74) is 10.1. The van der Waals surface area contributed by atoms with E-state index in [-0.39, 0.29) is 0 Å². The van der Waals surface area contributed by atoms with Crippen molar-refractivity contribution in [3.05, 3.63) is 22.8 Å². The molecule has 0 unspecified atom stereocenters. The van der Waals surface area contributed by atoms with Crippen molar-refractivity contribution >= 4 is 0 Å². The summed E-state index contributed by atoms with van der Waals surface area (Å²) in [5.74, 6) is 0. The van der Waals surface area contributed by atoms with Crippen molar-refractivity contribution < 1.29 is 0 Å². The second kappa shape index (κ2) is 12.5. The third-order valence-corrected chi connectivity index (χ3v) is 2.62. The molecule has 0 saturated heterocycles. The van der Waals surface area contributed by atoms with Gasteiger partial charge in [-0.2, -0.15) is 0 Å². The van der Waals surface area contributed by atoms with Gasteiger partial charge in [-0.15, -0.1) is 0 Å². The van der Waals surface area contributed by atoms with Crippen LogP contribution in [-0.4, -0.2) is 6.54 Å². The molecule has 1 rings (SSSR count). The van der Waals surface area contributed by atoms with Gasteiger partial charge in [-0.25, -0.2) is 0 Å². The molecule has 96 valence electrons. The Balaban J connectivity index is 0. The summed E-state index contributed by atoms with van der Waals surface area (Å²) in [6.07, 6.45) is 7.18. The maximum absolute atomic E-state index is 5.47. The number of allylic oxidation sites excluding steroid dienone is 4. The molecule has 0 fully saturated rings. The van der Waals surface area contributed by atoms with E-state index in [9.17, 15) is 0 Å². The SMILES string of the molecule is CC.CC.CC1=C(C)CCC(CCCN)=C1. The number of nitrogens with two attached hydrogens (primary N) is 1. The van der Waals surface area contributed by atoms with Crippen molar-refractivity contribution in [2.45, 2.75) is 67.2 Å². The molecule has 16 heavy (non-hydrogen) atoms. The molecule has 1 heteroatoms. The molecular weight excluding hydrogens is 194 g/mol. The molecule has 0 radical (unpaired) electrons. The van der Waals surface area contributed by atoms with Crippen molar-refractivity contribution in [2.24, 2.45) is 5.73 Å². The maximum Gasteiger partial charge on any atom is -0.00742 e. The van der Waals surface area contributed by atoms with Crippen molar-refractivity contribution in [1.82, 2.24) is 0 Å². The van der Waals surface area contributed by atoms with Crippen LogP contribution in [0, 0.1) is 0 Å².